The molecule has 0 spiro atoms. The summed E-state index contributed by atoms with van der Waals surface area (Å²) in [6.45, 7) is 5.92. The molecular formula is C17H20O4Ti. The first-order valence-corrected chi connectivity index (χ1v) is 7.14. The SMILES string of the molecule is C=CC(=O)O.C=CC(=O)O.[C-]1=CC=CC1.[C-]1=CC=CC1.[CH2]=[Ti+2]. The molecule has 0 amide bonds. The average molecular weight is 336 g/mol. The molecule has 116 valence electrons. The van der Waals surface area contributed by atoms with Crippen LogP contribution >= 0.6 is 0 Å². The maximum atomic E-state index is 9.25. The Morgan fingerprint density at radius 3 is 1.23 bits per heavy atom. The number of hydrogen-bond acceptors (Lipinski definition) is 2. The Kier molecular flexibility index (Phi) is 27.2. The molecule has 2 rings (SSSR count). The summed E-state index contributed by atoms with van der Waals surface area (Å²) in [4.78, 5) is 21.8. The number of carboxylic acid groups (broad SMARTS) is 2. The molecule has 0 heterocycles. The summed E-state index contributed by atoms with van der Waals surface area (Å²) < 4.78 is 0. The van der Waals surface area contributed by atoms with Gasteiger partial charge < -0.3 is 10.2 Å². The Labute approximate surface area is 143 Å². The first-order valence-electron chi connectivity index (χ1n) is 6.04. The van der Waals surface area contributed by atoms with E-state index in [1.807, 2.05) is 24.3 Å². The molecule has 2 N–H and O–H groups in total. The molecule has 5 heteroatoms. The molecule has 0 aromatic carbocycles. The second-order valence-corrected chi connectivity index (χ2v) is 3.09. The van der Waals surface area contributed by atoms with Gasteiger partial charge in [-0.1, -0.05) is 13.2 Å². The van der Waals surface area contributed by atoms with Gasteiger partial charge in [-0.15, -0.1) is 12.8 Å². The summed E-state index contributed by atoms with van der Waals surface area (Å²) in [5.74, 6) is -1.96. The van der Waals surface area contributed by atoms with Crippen LogP contribution in [0.2, 0.25) is 0 Å². The number of aliphatic carboxylic acids is 2. The van der Waals surface area contributed by atoms with Crippen LogP contribution < -0.4 is 0 Å². The molecule has 22 heavy (non-hydrogen) atoms. The van der Waals surface area contributed by atoms with E-state index in [2.05, 4.69) is 42.3 Å². The fourth-order valence-corrected chi connectivity index (χ4v) is 0.680. The predicted octanol–water partition coefficient (Wildman–Crippen LogP) is 3.09. The monoisotopic (exact) mass is 336 g/mol. The third-order valence-electron chi connectivity index (χ3n) is 1.52. The van der Waals surface area contributed by atoms with Gasteiger partial charge in [0.05, 0.1) is 0 Å². The van der Waals surface area contributed by atoms with Crippen LogP contribution in [0.3, 0.4) is 0 Å². The molecule has 0 atom stereocenters. The van der Waals surface area contributed by atoms with E-state index in [9.17, 15) is 9.59 Å². The standard InChI is InChI=1S/2C5H5.2C3H4O2.CH2.Ti/c2*1-2-4-5-3-1;2*1-2-3(4)5;;/h2*1-3H,4H2;2*2H,1H2,(H,4,5);1H2;/q2*-1;;;;+2. The second-order valence-electron chi connectivity index (χ2n) is 3.09. The zero-order valence-corrected chi connectivity index (χ0v) is 13.9. The minimum absolute atomic E-state index is 0.833. The summed E-state index contributed by atoms with van der Waals surface area (Å²) in [5, 5.41) is 15.2. The Hall–Kier alpha value is -2.04. The van der Waals surface area contributed by atoms with Crippen molar-refractivity contribution < 1.29 is 39.8 Å². The maximum absolute atomic E-state index is 9.25. The summed E-state index contributed by atoms with van der Waals surface area (Å²) >= 11 is 1.75. The van der Waals surface area contributed by atoms with E-state index in [4.69, 9.17) is 10.2 Å². The van der Waals surface area contributed by atoms with Gasteiger partial charge in [0.1, 0.15) is 0 Å². The minimum atomic E-state index is -0.981. The van der Waals surface area contributed by atoms with Gasteiger partial charge in [0, 0.05) is 12.2 Å². The first-order chi connectivity index (χ1) is 10.5. The molecule has 0 aromatic heterocycles. The van der Waals surface area contributed by atoms with Crippen LogP contribution in [0.15, 0.2) is 61.8 Å². The van der Waals surface area contributed by atoms with Gasteiger partial charge in [-0.2, -0.15) is 12.2 Å². The fourth-order valence-electron chi connectivity index (χ4n) is 0.680. The molecule has 0 fully saturated rings. The topological polar surface area (TPSA) is 74.6 Å². The first kappa shape index (κ1) is 24.9. The van der Waals surface area contributed by atoms with Crippen LogP contribution in [-0.2, 0) is 29.6 Å². The van der Waals surface area contributed by atoms with Gasteiger partial charge in [0.25, 0.3) is 0 Å². The normalized spacial score (nSPS) is 11.2. The fraction of sp³-hybridized carbons (Fsp3) is 0.118. The summed E-state index contributed by atoms with van der Waals surface area (Å²) in [6, 6.07) is 0. The Morgan fingerprint density at radius 1 is 0.909 bits per heavy atom. The van der Waals surface area contributed by atoms with E-state index in [0.717, 1.165) is 25.0 Å². The molecule has 0 saturated carbocycles. The van der Waals surface area contributed by atoms with Gasteiger partial charge in [-0.3, -0.25) is 12.2 Å². The van der Waals surface area contributed by atoms with Crippen molar-refractivity contribution >= 4 is 16.8 Å². The number of carboxylic acids is 2. The van der Waals surface area contributed by atoms with Crippen molar-refractivity contribution in [1.82, 2.24) is 0 Å². The van der Waals surface area contributed by atoms with Gasteiger partial charge in [-0.25, -0.2) is 33.9 Å². The van der Waals surface area contributed by atoms with E-state index in [0.29, 0.717) is 0 Å². The zero-order valence-electron chi connectivity index (χ0n) is 12.4. The van der Waals surface area contributed by atoms with Crippen LogP contribution in [0, 0.1) is 12.2 Å². The predicted molar refractivity (Wildman–Crippen MR) is 85.9 cm³/mol. The van der Waals surface area contributed by atoms with E-state index in [1.54, 1.807) is 20.0 Å². The molecule has 4 nitrogen and oxygen atoms in total. The van der Waals surface area contributed by atoms with Crippen LogP contribution in [0.5, 0.6) is 0 Å². The second kappa shape index (κ2) is 24.0. The van der Waals surface area contributed by atoms with Gasteiger partial charge in [0.15, 0.2) is 0 Å². The third kappa shape index (κ3) is 36.1. The van der Waals surface area contributed by atoms with Crippen LogP contribution in [0.25, 0.3) is 0 Å². The van der Waals surface area contributed by atoms with Gasteiger partial charge in [-0.05, 0) is 0 Å². The van der Waals surface area contributed by atoms with Crippen LogP contribution in [-0.4, -0.2) is 27.0 Å². The van der Waals surface area contributed by atoms with E-state index in [1.165, 1.54) is 0 Å². The number of allylic oxidation sites excluding steroid dienone is 8. The zero-order chi connectivity index (χ0) is 17.6. The van der Waals surface area contributed by atoms with Gasteiger partial charge in [0.2, 0.25) is 0 Å². The van der Waals surface area contributed by atoms with Crippen LogP contribution in [0.4, 0.5) is 0 Å². The number of hydrogen-bond donors (Lipinski definition) is 2. The molecule has 0 saturated heterocycles. The molecule has 0 bridgehead atoms. The van der Waals surface area contributed by atoms with Crippen molar-refractivity contribution in [2.75, 3.05) is 0 Å². The summed E-state index contributed by atoms with van der Waals surface area (Å²) in [7, 11) is 0. The summed E-state index contributed by atoms with van der Waals surface area (Å²) in [6.07, 6.45) is 21.7. The van der Waals surface area contributed by atoms with Crippen molar-refractivity contribution in [3.63, 3.8) is 0 Å². The van der Waals surface area contributed by atoms with Crippen molar-refractivity contribution in [1.29, 1.82) is 0 Å². The van der Waals surface area contributed by atoms with Crippen molar-refractivity contribution in [3.8, 4) is 0 Å². The van der Waals surface area contributed by atoms with Crippen molar-refractivity contribution in [2.24, 2.45) is 0 Å². The molecule has 0 unspecified atom stereocenters. The van der Waals surface area contributed by atoms with E-state index < -0.39 is 11.9 Å². The van der Waals surface area contributed by atoms with Gasteiger partial charge >= 0.3 is 36.7 Å². The molecule has 0 aliphatic heterocycles. The Balaban J connectivity index is -0.000000211. The van der Waals surface area contributed by atoms with Crippen molar-refractivity contribution in [3.05, 3.63) is 73.9 Å². The van der Waals surface area contributed by atoms with Crippen LogP contribution in [0.1, 0.15) is 12.8 Å². The quantitative estimate of drug-likeness (QED) is 0.462. The number of carbonyl (C=O) groups is 2. The molecule has 2 aliphatic rings. The molecular weight excluding hydrogens is 316 g/mol. The van der Waals surface area contributed by atoms with Crippen molar-refractivity contribution in [2.45, 2.75) is 12.8 Å². The summed E-state index contributed by atoms with van der Waals surface area (Å²) in [5.41, 5.74) is 0. The van der Waals surface area contributed by atoms with E-state index in [-0.39, 0.29) is 0 Å². The molecule has 0 aromatic rings. The molecule has 0 radical (unpaired) electrons. The number of rotatable bonds is 2. The average Bonchev–Trinajstić information content (AvgIpc) is 3.27. The Morgan fingerprint density at radius 2 is 1.18 bits per heavy atom. The molecule has 2 aliphatic carbocycles. The third-order valence-corrected chi connectivity index (χ3v) is 1.52. The van der Waals surface area contributed by atoms with E-state index >= 15 is 0 Å². The Bertz CT molecular complexity index is 372.